The molecule has 0 saturated heterocycles. The molecule has 0 heterocycles. The Morgan fingerprint density at radius 1 is 1.38 bits per heavy atom. The summed E-state index contributed by atoms with van der Waals surface area (Å²) in [6, 6.07) is 7.83. The third-order valence-electron chi connectivity index (χ3n) is 5.06. The zero-order valence-electron chi connectivity index (χ0n) is 13.3. The van der Waals surface area contributed by atoms with Gasteiger partial charge in [0, 0.05) is 17.5 Å². The van der Waals surface area contributed by atoms with Crippen molar-refractivity contribution in [1.82, 2.24) is 0 Å². The van der Waals surface area contributed by atoms with E-state index in [4.69, 9.17) is 10.5 Å². The normalized spacial score (nSPS) is 27.3. The van der Waals surface area contributed by atoms with E-state index in [1.54, 1.807) is 0 Å². The highest BCUT2D eigenvalue weighted by Gasteiger charge is 2.42. The molecule has 3 nitrogen and oxygen atoms in total. The Hall–Kier alpha value is -1.06. The minimum atomic E-state index is -0.542. The standard InChI is InChI=1S/C18H29NO2/c1-3-14-8-7-11-18(12-14,13-19)17(20)15-9-5-6-10-16(15)21-4-2/h5-6,9-10,14,17,20H,3-4,7-8,11-13,19H2,1-2H3. The van der Waals surface area contributed by atoms with Gasteiger partial charge in [-0.2, -0.15) is 0 Å². The molecule has 3 N–H and O–H groups in total. The second-order valence-electron chi connectivity index (χ2n) is 6.31. The van der Waals surface area contributed by atoms with Crippen LogP contribution in [0.2, 0.25) is 0 Å². The van der Waals surface area contributed by atoms with Crippen molar-refractivity contribution in [3.8, 4) is 5.75 Å². The summed E-state index contributed by atoms with van der Waals surface area (Å²) >= 11 is 0. The fraction of sp³-hybridized carbons (Fsp3) is 0.667. The van der Waals surface area contributed by atoms with Crippen molar-refractivity contribution < 1.29 is 9.84 Å². The number of para-hydroxylation sites is 1. The van der Waals surface area contributed by atoms with Gasteiger partial charge in [0.2, 0.25) is 0 Å². The van der Waals surface area contributed by atoms with Crippen LogP contribution in [-0.4, -0.2) is 18.3 Å². The van der Waals surface area contributed by atoms with E-state index in [0.29, 0.717) is 19.1 Å². The SMILES string of the molecule is CCOc1ccccc1C(O)C1(CN)CCCC(CC)C1. The average molecular weight is 291 g/mol. The molecule has 1 aromatic carbocycles. The Labute approximate surface area is 128 Å². The van der Waals surface area contributed by atoms with E-state index in [0.717, 1.165) is 30.6 Å². The average Bonchev–Trinajstić information content (AvgIpc) is 2.55. The van der Waals surface area contributed by atoms with Gasteiger partial charge in [0.15, 0.2) is 0 Å². The molecule has 3 unspecified atom stereocenters. The molecular weight excluding hydrogens is 262 g/mol. The number of hydrogen-bond acceptors (Lipinski definition) is 3. The van der Waals surface area contributed by atoms with Gasteiger partial charge in [-0.15, -0.1) is 0 Å². The van der Waals surface area contributed by atoms with Crippen LogP contribution in [0.15, 0.2) is 24.3 Å². The highest BCUT2D eigenvalue weighted by Crippen LogP contribution is 2.49. The lowest BCUT2D eigenvalue weighted by Crippen LogP contribution is -2.41. The number of nitrogens with two attached hydrogens (primary N) is 1. The number of rotatable bonds is 6. The summed E-state index contributed by atoms with van der Waals surface area (Å²) in [6.45, 7) is 5.34. The van der Waals surface area contributed by atoms with E-state index >= 15 is 0 Å². The van der Waals surface area contributed by atoms with Gasteiger partial charge in [0.1, 0.15) is 5.75 Å². The van der Waals surface area contributed by atoms with Gasteiger partial charge in [-0.1, -0.05) is 44.4 Å². The van der Waals surface area contributed by atoms with Gasteiger partial charge >= 0.3 is 0 Å². The Balaban J connectivity index is 2.29. The first kappa shape index (κ1) is 16.3. The first-order chi connectivity index (χ1) is 10.2. The largest absolute Gasteiger partial charge is 0.493 e. The Bertz CT molecular complexity index is 449. The molecule has 1 aromatic rings. The topological polar surface area (TPSA) is 55.5 Å². The molecule has 118 valence electrons. The van der Waals surface area contributed by atoms with Crippen molar-refractivity contribution in [3.63, 3.8) is 0 Å². The molecule has 2 rings (SSSR count). The van der Waals surface area contributed by atoms with Crippen molar-refractivity contribution in [2.75, 3.05) is 13.2 Å². The summed E-state index contributed by atoms with van der Waals surface area (Å²) in [4.78, 5) is 0. The minimum absolute atomic E-state index is 0.202. The van der Waals surface area contributed by atoms with E-state index in [2.05, 4.69) is 6.92 Å². The van der Waals surface area contributed by atoms with Crippen LogP contribution in [-0.2, 0) is 0 Å². The number of aliphatic hydroxyl groups excluding tert-OH is 1. The monoisotopic (exact) mass is 291 g/mol. The van der Waals surface area contributed by atoms with Crippen LogP contribution in [0.1, 0.15) is 57.6 Å². The molecule has 1 aliphatic carbocycles. The van der Waals surface area contributed by atoms with E-state index in [1.165, 1.54) is 12.8 Å². The lowest BCUT2D eigenvalue weighted by molar-refractivity contribution is -0.0176. The molecule has 1 fully saturated rings. The molecule has 0 aliphatic heterocycles. The quantitative estimate of drug-likeness (QED) is 0.841. The van der Waals surface area contributed by atoms with Crippen LogP contribution in [0.5, 0.6) is 5.75 Å². The number of aliphatic hydroxyl groups is 1. The van der Waals surface area contributed by atoms with Gasteiger partial charge < -0.3 is 15.6 Å². The molecule has 3 heteroatoms. The molecular formula is C18H29NO2. The van der Waals surface area contributed by atoms with Crippen molar-refractivity contribution in [2.24, 2.45) is 17.1 Å². The van der Waals surface area contributed by atoms with E-state index < -0.39 is 6.10 Å². The maximum absolute atomic E-state index is 11.1. The summed E-state index contributed by atoms with van der Waals surface area (Å²) in [5, 5.41) is 11.1. The molecule has 1 aliphatic rings. The predicted octanol–water partition coefficient (Wildman–Crippen LogP) is 3.66. The lowest BCUT2D eigenvalue weighted by Gasteiger charge is -2.44. The molecule has 0 spiro atoms. The van der Waals surface area contributed by atoms with Crippen molar-refractivity contribution in [3.05, 3.63) is 29.8 Å². The minimum Gasteiger partial charge on any atom is -0.493 e. The van der Waals surface area contributed by atoms with Crippen molar-refractivity contribution in [2.45, 2.75) is 52.1 Å². The zero-order chi connectivity index (χ0) is 15.3. The van der Waals surface area contributed by atoms with E-state index in [-0.39, 0.29) is 5.41 Å². The Morgan fingerprint density at radius 2 is 2.14 bits per heavy atom. The van der Waals surface area contributed by atoms with E-state index in [9.17, 15) is 5.11 Å². The summed E-state index contributed by atoms with van der Waals surface area (Å²) < 4.78 is 5.69. The van der Waals surface area contributed by atoms with Gasteiger partial charge in [-0.05, 0) is 31.7 Å². The van der Waals surface area contributed by atoms with Crippen LogP contribution >= 0.6 is 0 Å². The lowest BCUT2D eigenvalue weighted by atomic mass is 9.64. The smallest absolute Gasteiger partial charge is 0.125 e. The Morgan fingerprint density at radius 3 is 2.81 bits per heavy atom. The highest BCUT2D eigenvalue weighted by molar-refractivity contribution is 5.36. The fourth-order valence-corrected chi connectivity index (χ4v) is 3.74. The molecule has 0 amide bonds. The molecule has 1 saturated carbocycles. The van der Waals surface area contributed by atoms with Gasteiger partial charge in [0.05, 0.1) is 12.7 Å². The van der Waals surface area contributed by atoms with Crippen LogP contribution in [0.4, 0.5) is 0 Å². The van der Waals surface area contributed by atoms with Gasteiger partial charge in [-0.25, -0.2) is 0 Å². The van der Waals surface area contributed by atoms with Crippen LogP contribution < -0.4 is 10.5 Å². The second-order valence-corrected chi connectivity index (χ2v) is 6.31. The van der Waals surface area contributed by atoms with Gasteiger partial charge in [0.25, 0.3) is 0 Å². The molecule has 0 radical (unpaired) electrons. The van der Waals surface area contributed by atoms with Crippen LogP contribution in [0.25, 0.3) is 0 Å². The summed E-state index contributed by atoms with van der Waals surface area (Å²) in [7, 11) is 0. The second kappa shape index (κ2) is 7.28. The number of hydrogen-bond donors (Lipinski definition) is 2. The first-order valence-electron chi connectivity index (χ1n) is 8.26. The first-order valence-corrected chi connectivity index (χ1v) is 8.26. The Kier molecular flexibility index (Phi) is 5.65. The number of ether oxygens (including phenoxy) is 1. The number of benzene rings is 1. The van der Waals surface area contributed by atoms with Crippen molar-refractivity contribution in [1.29, 1.82) is 0 Å². The zero-order valence-corrected chi connectivity index (χ0v) is 13.3. The molecule has 0 aromatic heterocycles. The maximum atomic E-state index is 11.1. The summed E-state index contributed by atoms with van der Waals surface area (Å²) in [6.07, 6.45) is 5.06. The fourth-order valence-electron chi connectivity index (χ4n) is 3.74. The third kappa shape index (κ3) is 3.41. The van der Waals surface area contributed by atoms with Crippen LogP contribution in [0, 0.1) is 11.3 Å². The molecule has 3 atom stereocenters. The van der Waals surface area contributed by atoms with Crippen LogP contribution in [0.3, 0.4) is 0 Å². The van der Waals surface area contributed by atoms with Gasteiger partial charge in [-0.3, -0.25) is 0 Å². The molecule has 21 heavy (non-hydrogen) atoms. The third-order valence-corrected chi connectivity index (χ3v) is 5.06. The van der Waals surface area contributed by atoms with Crippen molar-refractivity contribution >= 4 is 0 Å². The summed E-state index contributed by atoms with van der Waals surface area (Å²) in [5.74, 6) is 1.47. The molecule has 0 bridgehead atoms. The highest BCUT2D eigenvalue weighted by atomic mass is 16.5. The maximum Gasteiger partial charge on any atom is 0.125 e. The predicted molar refractivity (Wildman–Crippen MR) is 86.3 cm³/mol. The van der Waals surface area contributed by atoms with E-state index in [1.807, 2.05) is 31.2 Å². The summed E-state index contributed by atoms with van der Waals surface area (Å²) in [5.41, 5.74) is 6.80.